The van der Waals surface area contributed by atoms with Crippen LogP contribution >= 0.6 is 0 Å². The molecule has 2 heterocycles. The van der Waals surface area contributed by atoms with E-state index in [2.05, 4.69) is 9.40 Å². The number of carboxylic acids is 1. The van der Waals surface area contributed by atoms with Gasteiger partial charge in [-0.1, -0.05) is 0 Å². The first kappa shape index (κ1) is 16.3. The average molecular weight is 320 g/mol. The van der Waals surface area contributed by atoms with E-state index < -0.39 is 29.5 Å². The number of hydrogen-bond acceptors (Lipinski definition) is 4. The maximum Gasteiger partial charge on any atom is 0.452 e. The molecule has 0 spiro atoms. The largest absolute Gasteiger partial charge is 0.481 e. The van der Waals surface area contributed by atoms with E-state index in [9.17, 15) is 22.8 Å². The van der Waals surface area contributed by atoms with Crippen LogP contribution in [0.15, 0.2) is 10.8 Å². The number of halogens is 3. The summed E-state index contributed by atoms with van der Waals surface area (Å²) in [5.74, 6) is -3.19. The molecule has 1 saturated heterocycles. The number of alkyl halides is 3. The normalized spacial score (nSPS) is 19.2. The summed E-state index contributed by atoms with van der Waals surface area (Å²) < 4.78 is 42.5. The molecule has 122 valence electrons. The molecule has 0 radical (unpaired) electrons. The topological polar surface area (TPSA) is 83.6 Å². The van der Waals surface area contributed by atoms with E-state index in [1.54, 1.807) is 0 Å². The van der Waals surface area contributed by atoms with Gasteiger partial charge in [-0.2, -0.15) is 13.2 Å². The average Bonchev–Trinajstić information content (AvgIpc) is 2.94. The third-order valence-electron chi connectivity index (χ3n) is 3.60. The van der Waals surface area contributed by atoms with E-state index in [1.807, 2.05) is 0 Å². The molecule has 0 aromatic carbocycles. The second-order valence-electron chi connectivity index (χ2n) is 5.22. The summed E-state index contributed by atoms with van der Waals surface area (Å²) in [7, 11) is 0. The van der Waals surface area contributed by atoms with Crippen LogP contribution in [-0.2, 0) is 11.0 Å². The molecular formula is C13H15F3N2O4. The summed E-state index contributed by atoms with van der Waals surface area (Å²) in [6.07, 6.45) is -2.44. The van der Waals surface area contributed by atoms with Crippen LogP contribution in [0.5, 0.6) is 0 Å². The highest BCUT2D eigenvalue weighted by molar-refractivity contribution is 5.93. The lowest BCUT2D eigenvalue weighted by Gasteiger charge is -2.32. The molecule has 1 atom stereocenters. The van der Waals surface area contributed by atoms with Gasteiger partial charge in [0.2, 0.25) is 5.76 Å². The fraction of sp³-hybridized carbons (Fsp3) is 0.615. The predicted octanol–water partition coefficient (Wildman–Crippen LogP) is 2.41. The molecule has 1 aliphatic heterocycles. The quantitative estimate of drug-likeness (QED) is 0.921. The van der Waals surface area contributed by atoms with Crippen molar-refractivity contribution in [2.24, 2.45) is 5.92 Å². The number of hydrogen-bond donors (Lipinski definition) is 1. The Bertz CT molecular complexity index is 556. The number of piperidine rings is 1. The van der Waals surface area contributed by atoms with Gasteiger partial charge in [0.15, 0.2) is 12.1 Å². The van der Waals surface area contributed by atoms with Gasteiger partial charge < -0.3 is 14.4 Å². The van der Waals surface area contributed by atoms with E-state index >= 15 is 0 Å². The molecule has 0 unspecified atom stereocenters. The van der Waals surface area contributed by atoms with Gasteiger partial charge in [-0.15, -0.1) is 0 Å². The van der Waals surface area contributed by atoms with Gasteiger partial charge in [0.25, 0.3) is 5.91 Å². The van der Waals surface area contributed by atoms with Crippen LogP contribution in [0.4, 0.5) is 13.2 Å². The van der Waals surface area contributed by atoms with Gasteiger partial charge in [-0.3, -0.25) is 9.59 Å². The fourth-order valence-corrected chi connectivity index (χ4v) is 2.56. The first-order valence-corrected chi connectivity index (χ1v) is 6.80. The fourth-order valence-electron chi connectivity index (χ4n) is 2.56. The monoisotopic (exact) mass is 320 g/mol. The van der Waals surface area contributed by atoms with Crippen molar-refractivity contribution in [2.75, 3.05) is 13.1 Å². The molecule has 0 saturated carbocycles. The number of aromatic nitrogens is 1. The SMILES string of the molecule is O=C(O)CC[C@@H]1CCCN(C(=O)c2ncoc2C(F)(F)F)C1. The van der Waals surface area contributed by atoms with Crippen LogP contribution in [0.2, 0.25) is 0 Å². The van der Waals surface area contributed by atoms with Crippen molar-refractivity contribution < 1.29 is 32.3 Å². The van der Waals surface area contributed by atoms with Crippen LogP contribution in [0, 0.1) is 5.92 Å². The number of carbonyl (C=O) groups is 2. The van der Waals surface area contributed by atoms with Crippen molar-refractivity contribution in [3.8, 4) is 0 Å². The van der Waals surface area contributed by atoms with Crippen LogP contribution in [0.3, 0.4) is 0 Å². The van der Waals surface area contributed by atoms with Crippen LogP contribution < -0.4 is 0 Å². The number of rotatable bonds is 4. The standard InChI is InChI=1S/C13H15F3N2O4/c14-13(15,16)11-10(17-7-22-11)12(21)18-5-1-2-8(6-18)3-4-9(19)20/h7-8H,1-6H2,(H,19,20)/t8-/m0/s1. The lowest BCUT2D eigenvalue weighted by molar-refractivity contribution is -0.153. The molecule has 1 fully saturated rings. The number of amides is 1. The van der Waals surface area contributed by atoms with Crippen LogP contribution in [0.1, 0.15) is 41.9 Å². The van der Waals surface area contributed by atoms with Crippen LogP contribution in [-0.4, -0.2) is 40.0 Å². The Balaban J connectivity index is 2.06. The third-order valence-corrected chi connectivity index (χ3v) is 3.60. The Morgan fingerprint density at radius 2 is 2.18 bits per heavy atom. The Labute approximate surface area is 123 Å². The zero-order valence-corrected chi connectivity index (χ0v) is 11.6. The van der Waals surface area contributed by atoms with Crippen molar-refractivity contribution in [1.82, 2.24) is 9.88 Å². The first-order valence-electron chi connectivity index (χ1n) is 6.80. The van der Waals surface area contributed by atoms with E-state index in [0.29, 0.717) is 25.8 Å². The number of likely N-dealkylation sites (tertiary alicyclic amines) is 1. The molecule has 0 aliphatic carbocycles. The van der Waals surface area contributed by atoms with E-state index in [0.717, 1.165) is 6.42 Å². The Hall–Kier alpha value is -2.06. The number of carbonyl (C=O) groups excluding carboxylic acids is 1. The van der Waals surface area contributed by atoms with Gasteiger partial charge in [0.05, 0.1) is 0 Å². The minimum atomic E-state index is -4.78. The Morgan fingerprint density at radius 3 is 2.82 bits per heavy atom. The number of aliphatic carboxylic acids is 1. The zero-order chi connectivity index (χ0) is 16.3. The molecule has 1 aromatic rings. The minimum Gasteiger partial charge on any atom is -0.481 e. The number of nitrogens with zero attached hydrogens (tertiary/aromatic N) is 2. The molecule has 1 aliphatic rings. The molecule has 2 rings (SSSR count). The maximum atomic E-state index is 12.7. The maximum absolute atomic E-state index is 12.7. The second kappa shape index (κ2) is 6.37. The summed E-state index contributed by atoms with van der Waals surface area (Å²) in [4.78, 5) is 27.4. The first-order chi connectivity index (χ1) is 10.3. The lowest BCUT2D eigenvalue weighted by Crippen LogP contribution is -2.40. The van der Waals surface area contributed by atoms with E-state index in [4.69, 9.17) is 5.11 Å². The van der Waals surface area contributed by atoms with E-state index in [1.165, 1.54) is 4.90 Å². The van der Waals surface area contributed by atoms with Gasteiger partial charge in [0.1, 0.15) is 0 Å². The van der Waals surface area contributed by atoms with Gasteiger partial charge >= 0.3 is 12.1 Å². The highest BCUT2D eigenvalue weighted by Crippen LogP contribution is 2.32. The molecule has 1 amide bonds. The van der Waals surface area contributed by atoms with Crippen molar-refractivity contribution in [2.45, 2.75) is 31.9 Å². The smallest absolute Gasteiger partial charge is 0.452 e. The summed E-state index contributed by atoms with van der Waals surface area (Å²) >= 11 is 0. The number of oxazole rings is 1. The molecular weight excluding hydrogens is 305 g/mol. The zero-order valence-electron chi connectivity index (χ0n) is 11.6. The molecule has 6 nitrogen and oxygen atoms in total. The molecule has 22 heavy (non-hydrogen) atoms. The van der Waals surface area contributed by atoms with Gasteiger partial charge in [0, 0.05) is 19.5 Å². The van der Waals surface area contributed by atoms with Crippen molar-refractivity contribution in [3.05, 3.63) is 17.8 Å². The lowest BCUT2D eigenvalue weighted by atomic mass is 9.93. The van der Waals surface area contributed by atoms with E-state index in [-0.39, 0.29) is 18.9 Å². The summed E-state index contributed by atoms with van der Waals surface area (Å²) in [6, 6.07) is 0. The summed E-state index contributed by atoms with van der Waals surface area (Å²) in [5, 5.41) is 8.67. The third kappa shape index (κ3) is 3.77. The number of carboxylic acid groups (broad SMARTS) is 1. The molecule has 0 bridgehead atoms. The highest BCUT2D eigenvalue weighted by atomic mass is 19.4. The molecule has 9 heteroatoms. The van der Waals surface area contributed by atoms with Crippen molar-refractivity contribution in [3.63, 3.8) is 0 Å². The Morgan fingerprint density at radius 1 is 1.45 bits per heavy atom. The van der Waals surface area contributed by atoms with Gasteiger partial charge in [-0.05, 0) is 25.2 Å². The second-order valence-corrected chi connectivity index (χ2v) is 5.22. The predicted molar refractivity (Wildman–Crippen MR) is 67.0 cm³/mol. The van der Waals surface area contributed by atoms with Crippen molar-refractivity contribution in [1.29, 1.82) is 0 Å². The summed E-state index contributed by atoms with van der Waals surface area (Å²) in [6.45, 7) is 0.558. The van der Waals surface area contributed by atoms with Gasteiger partial charge in [-0.25, -0.2) is 4.98 Å². The Kier molecular flexibility index (Phi) is 4.72. The molecule has 1 aromatic heterocycles. The molecule has 1 N–H and O–H groups in total. The van der Waals surface area contributed by atoms with Crippen LogP contribution in [0.25, 0.3) is 0 Å². The van der Waals surface area contributed by atoms with Crippen molar-refractivity contribution >= 4 is 11.9 Å². The summed E-state index contributed by atoms with van der Waals surface area (Å²) in [5.41, 5.74) is -0.744. The minimum absolute atomic E-state index is 0.0234. The highest BCUT2D eigenvalue weighted by Gasteiger charge is 2.42.